The van der Waals surface area contributed by atoms with Crippen molar-refractivity contribution in [3.05, 3.63) is 30.3 Å². The fourth-order valence-corrected chi connectivity index (χ4v) is 2.37. The SMILES string of the molecule is OC[C@@H]1CCCN1C(=S)Nc1ccccc1. The van der Waals surface area contributed by atoms with Gasteiger partial charge in [-0.05, 0) is 37.2 Å². The van der Waals surface area contributed by atoms with Crippen molar-refractivity contribution in [1.82, 2.24) is 4.90 Å². The number of likely N-dealkylation sites (tertiary alicyclic amines) is 1. The van der Waals surface area contributed by atoms with E-state index in [0.29, 0.717) is 5.11 Å². The van der Waals surface area contributed by atoms with Gasteiger partial charge in [0.05, 0.1) is 12.6 Å². The van der Waals surface area contributed by atoms with Gasteiger partial charge in [0.15, 0.2) is 5.11 Å². The Morgan fingerprint density at radius 1 is 1.44 bits per heavy atom. The number of para-hydroxylation sites is 1. The number of benzene rings is 1. The third kappa shape index (κ3) is 2.51. The van der Waals surface area contributed by atoms with E-state index >= 15 is 0 Å². The van der Waals surface area contributed by atoms with Crippen LogP contribution in [0.2, 0.25) is 0 Å². The Morgan fingerprint density at radius 2 is 2.19 bits per heavy atom. The van der Waals surface area contributed by atoms with E-state index in [0.717, 1.165) is 25.1 Å². The highest BCUT2D eigenvalue weighted by Crippen LogP contribution is 2.18. The number of rotatable bonds is 2. The molecule has 2 rings (SSSR count). The summed E-state index contributed by atoms with van der Waals surface area (Å²) in [4.78, 5) is 2.07. The highest BCUT2D eigenvalue weighted by Gasteiger charge is 2.25. The Bertz CT molecular complexity index is 355. The fraction of sp³-hybridized carbons (Fsp3) is 0.417. The maximum Gasteiger partial charge on any atom is 0.173 e. The number of nitrogens with one attached hydrogen (secondary N) is 1. The molecular weight excluding hydrogens is 220 g/mol. The highest BCUT2D eigenvalue weighted by molar-refractivity contribution is 7.80. The molecule has 1 aliphatic rings. The van der Waals surface area contributed by atoms with Gasteiger partial charge in [0.2, 0.25) is 0 Å². The standard InChI is InChI=1S/C12H16N2OS/c15-9-11-7-4-8-14(11)12(16)13-10-5-2-1-3-6-10/h1-3,5-6,11,15H,4,7-9H2,(H,13,16)/t11-/m0/s1. The van der Waals surface area contributed by atoms with E-state index in [1.165, 1.54) is 0 Å². The van der Waals surface area contributed by atoms with Crippen LogP contribution in [0.5, 0.6) is 0 Å². The molecule has 0 aromatic heterocycles. The summed E-state index contributed by atoms with van der Waals surface area (Å²) >= 11 is 5.34. The first-order valence-electron chi connectivity index (χ1n) is 5.55. The smallest absolute Gasteiger partial charge is 0.173 e. The van der Waals surface area contributed by atoms with Crippen molar-refractivity contribution in [2.45, 2.75) is 18.9 Å². The van der Waals surface area contributed by atoms with Crippen LogP contribution in [0.4, 0.5) is 5.69 Å². The van der Waals surface area contributed by atoms with E-state index in [9.17, 15) is 5.11 Å². The van der Waals surface area contributed by atoms with Gasteiger partial charge in [-0.15, -0.1) is 0 Å². The van der Waals surface area contributed by atoms with Crippen LogP contribution in [0.15, 0.2) is 30.3 Å². The third-order valence-corrected chi connectivity index (χ3v) is 3.21. The molecule has 0 aliphatic carbocycles. The normalized spacial score (nSPS) is 19.8. The van der Waals surface area contributed by atoms with Crippen LogP contribution in [-0.2, 0) is 0 Å². The topological polar surface area (TPSA) is 35.5 Å². The molecule has 1 saturated heterocycles. The Balaban J connectivity index is 1.98. The predicted molar refractivity (Wildman–Crippen MR) is 69.5 cm³/mol. The van der Waals surface area contributed by atoms with Gasteiger partial charge in [-0.2, -0.15) is 0 Å². The lowest BCUT2D eigenvalue weighted by atomic mass is 10.2. The summed E-state index contributed by atoms with van der Waals surface area (Å²) in [6.07, 6.45) is 2.12. The van der Waals surface area contributed by atoms with Crippen LogP contribution in [0.1, 0.15) is 12.8 Å². The van der Waals surface area contributed by atoms with Crippen molar-refractivity contribution in [3.8, 4) is 0 Å². The van der Waals surface area contributed by atoms with Crippen molar-refractivity contribution in [1.29, 1.82) is 0 Å². The van der Waals surface area contributed by atoms with E-state index < -0.39 is 0 Å². The zero-order chi connectivity index (χ0) is 11.4. The van der Waals surface area contributed by atoms with Crippen LogP contribution in [0, 0.1) is 0 Å². The maximum atomic E-state index is 9.22. The molecule has 1 atom stereocenters. The monoisotopic (exact) mass is 236 g/mol. The Labute approximate surface area is 101 Å². The van der Waals surface area contributed by atoms with Gasteiger partial charge in [-0.25, -0.2) is 0 Å². The summed E-state index contributed by atoms with van der Waals surface area (Å²) in [5.41, 5.74) is 0.996. The van der Waals surface area contributed by atoms with E-state index in [-0.39, 0.29) is 12.6 Å². The molecular formula is C12H16N2OS. The largest absolute Gasteiger partial charge is 0.394 e. The molecule has 1 fully saturated rings. The van der Waals surface area contributed by atoms with Crippen LogP contribution in [0.3, 0.4) is 0 Å². The number of thiocarbonyl (C=S) groups is 1. The summed E-state index contributed by atoms with van der Waals surface area (Å²) in [6.45, 7) is 1.11. The molecule has 1 aromatic rings. The van der Waals surface area contributed by atoms with Crippen LogP contribution in [-0.4, -0.2) is 34.3 Å². The minimum Gasteiger partial charge on any atom is -0.394 e. The first-order valence-corrected chi connectivity index (χ1v) is 5.95. The maximum absolute atomic E-state index is 9.22. The lowest BCUT2D eigenvalue weighted by Gasteiger charge is -2.26. The molecule has 0 saturated carbocycles. The summed E-state index contributed by atoms with van der Waals surface area (Å²) < 4.78 is 0. The minimum atomic E-state index is 0.177. The van der Waals surface area contributed by atoms with Crippen LogP contribution < -0.4 is 5.32 Å². The van der Waals surface area contributed by atoms with Crippen LogP contribution in [0.25, 0.3) is 0 Å². The fourth-order valence-electron chi connectivity index (χ4n) is 2.01. The lowest BCUT2D eigenvalue weighted by Crippen LogP contribution is -2.40. The molecule has 1 aliphatic heterocycles. The van der Waals surface area contributed by atoms with Crippen molar-refractivity contribution in [2.24, 2.45) is 0 Å². The second-order valence-electron chi connectivity index (χ2n) is 3.97. The zero-order valence-electron chi connectivity index (χ0n) is 9.10. The second-order valence-corrected chi connectivity index (χ2v) is 4.35. The lowest BCUT2D eigenvalue weighted by molar-refractivity contribution is 0.210. The van der Waals surface area contributed by atoms with Crippen molar-refractivity contribution in [2.75, 3.05) is 18.5 Å². The molecule has 0 radical (unpaired) electrons. The Kier molecular flexibility index (Phi) is 3.74. The molecule has 0 spiro atoms. The van der Waals surface area contributed by atoms with E-state index in [2.05, 4.69) is 10.2 Å². The van der Waals surface area contributed by atoms with Gasteiger partial charge in [-0.3, -0.25) is 0 Å². The van der Waals surface area contributed by atoms with Crippen molar-refractivity contribution >= 4 is 23.0 Å². The average Bonchev–Trinajstić information content (AvgIpc) is 2.78. The second kappa shape index (κ2) is 5.27. The molecule has 16 heavy (non-hydrogen) atoms. The summed E-state index contributed by atoms with van der Waals surface area (Å²) in [5.74, 6) is 0. The van der Waals surface area contributed by atoms with Gasteiger partial charge < -0.3 is 15.3 Å². The number of hydrogen-bond acceptors (Lipinski definition) is 2. The Morgan fingerprint density at radius 3 is 2.88 bits per heavy atom. The zero-order valence-corrected chi connectivity index (χ0v) is 9.91. The predicted octanol–water partition coefficient (Wildman–Crippen LogP) is 1.84. The van der Waals surface area contributed by atoms with E-state index in [4.69, 9.17) is 12.2 Å². The van der Waals surface area contributed by atoms with Gasteiger partial charge >= 0.3 is 0 Å². The average molecular weight is 236 g/mol. The van der Waals surface area contributed by atoms with Crippen molar-refractivity contribution < 1.29 is 5.11 Å². The molecule has 2 N–H and O–H groups in total. The minimum absolute atomic E-state index is 0.177. The first kappa shape index (κ1) is 11.4. The molecule has 86 valence electrons. The van der Waals surface area contributed by atoms with Crippen molar-refractivity contribution in [3.63, 3.8) is 0 Å². The molecule has 1 heterocycles. The van der Waals surface area contributed by atoms with Gasteiger partial charge in [-0.1, -0.05) is 18.2 Å². The molecule has 1 aromatic carbocycles. The summed E-state index contributed by atoms with van der Waals surface area (Å²) in [7, 11) is 0. The number of hydrogen-bond donors (Lipinski definition) is 2. The molecule has 4 heteroatoms. The van der Waals surface area contributed by atoms with Gasteiger partial charge in [0.25, 0.3) is 0 Å². The van der Waals surface area contributed by atoms with E-state index in [1.807, 2.05) is 30.3 Å². The quantitative estimate of drug-likeness (QED) is 0.768. The molecule has 0 unspecified atom stereocenters. The number of aliphatic hydroxyl groups excluding tert-OH is 1. The third-order valence-electron chi connectivity index (χ3n) is 2.87. The van der Waals surface area contributed by atoms with Gasteiger partial charge in [0.1, 0.15) is 0 Å². The van der Waals surface area contributed by atoms with Gasteiger partial charge in [0, 0.05) is 12.2 Å². The highest BCUT2D eigenvalue weighted by atomic mass is 32.1. The number of anilines is 1. The molecule has 3 nitrogen and oxygen atoms in total. The number of aliphatic hydroxyl groups is 1. The Hall–Kier alpha value is -1.13. The summed E-state index contributed by atoms with van der Waals surface area (Å²) in [5, 5.41) is 13.1. The van der Waals surface area contributed by atoms with Crippen LogP contribution >= 0.6 is 12.2 Å². The van der Waals surface area contributed by atoms with E-state index in [1.54, 1.807) is 0 Å². The molecule has 0 amide bonds. The summed E-state index contributed by atoms with van der Waals surface area (Å²) in [6, 6.07) is 10.1. The first-order chi connectivity index (χ1) is 7.81. The molecule has 0 bridgehead atoms. The number of nitrogens with zero attached hydrogens (tertiary/aromatic N) is 1.